The highest BCUT2D eigenvalue weighted by molar-refractivity contribution is 6.04. The van der Waals surface area contributed by atoms with Crippen molar-refractivity contribution < 1.29 is 9.53 Å². The molecule has 5 heterocycles. The van der Waals surface area contributed by atoms with E-state index in [-0.39, 0.29) is 5.91 Å². The first kappa shape index (κ1) is 16.3. The molecule has 4 aliphatic heterocycles. The van der Waals surface area contributed by atoms with Crippen LogP contribution in [0.1, 0.15) is 36.2 Å². The lowest BCUT2D eigenvalue weighted by molar-refractivity contribution is 0.0304. The molecule has 6 heteroatoms. The number of nitrogens with zero attached hydrogens (tertiary/aromatic N) is 3. The van der Waals surface area contributed by atoms with Crippen LogP contribution >= 0.6 is 0 Å². The Bertz CT molecular complexity index is 798. The highest BCUT2D eigenvalue weighted by Gasteiger charge is 2.40. The van der Waals surface area contributed by atoms with E-state index < -0.39 is 0 Å². The van der Waals surface area contributed by atoms with Crippen LogP contribution in [0.25, 0.3) is 10.9 Å². The molecule has 2 bridgehead atoms. The second kappa shape index (κ2) is 6.67. The van der Waals surface area contributed by atoms with Crippen molar-refractivity contribution in [2.24, 2.45) is 5.92 Å². The lowest BCUT2D eigenvalue weighted by Crippen LogP contribution is -2.48. The number of amides is 1. The van der Waals surface area contributed by atoms with E-state index in [2.05, 4.69) is 20.0 Å². The van der Waals surface area contributed by atoms with Gasteiger partial charge in [0.05, 0.1) is 5.52 Å². The third-order valence-corrected chi connectivity index (χ3v) is 6.38. The standard InChI is InChI=1S/C20H26N4O2/c25-20(19-17-3-1-2-4-18(17)21-22-19)24-12-14-5-6-16(24)13-23(11-14)15-7-9-26-10-8-15/h1-4,14-16H,5-13H2,(H,21,22)/t14-,16+/m1/s1. The second-order valence-corrected chi connectivity index (χ2v) is 7.97. The summed E-state index contributed by atoms with van der Waals surface area (Å²) in [7, 11) is 0. The molecular weight excluding hydrogens is 328 g/mol. The van der Waals surface area contributed by atoms with E-state index >= 15 is 0 Å². The van der Waals surface area contributed by atoms with Crippen molar-refractivity contribution in [3.8, 4) is 0 Å². The van der Waals surface area contributed by atoms with E-state index in [9.17, 15) is 4.79 Å². The van der Waals surface area contributed by atoms with E-state index in [4.69, 9.17) is 4.74 Å². The van der Waals surface area contributed by atoms with E-state index in [0.717, 1.165) is 63.0 Å². The molecule has 6 rings (SSSR count). The third kappa shape index (κ3) is 2.81. The van der Waals surface area contributed by atoms with Gasteiger partial charge in [-0.3, -0.25) is 14.8 Å². The first-order chi connectivity index (χ1) is 12.8. The summed E-state index contributed by atoms with van der Waals surface area (Å²) in [6, 6.07) is 8.81. The number of aromatic amines is 1. The molecule has 1 amide bonds. The number of benzene rings is 1. The van der Waals surface area contributed by atoms with E-state index in [1.807, 2.05) is 24.3 Å². The summed E-state index contributed by atoms with van der Waals surface area (Å²) in [5, 5.41) is 8.28. The molecule has 6 nitrogen and oxygen atoms in total. The summed E-state index contributed by atoms with van der Waals surface area (Å²) in [6.07, 6.45) is 4.59. The van der Waals surface area contributed by atoms with Crippen molar-refractivity contribution in [1.29, 1.82) is 0 Å². The van der Waals surface area contributed by atoms with Crippen LogP contribution < -0.4 is 0 Å². The van der Waals surface area contributed by atoms with Crippen LogP contribution in [0, 0.1) is 5.92 Å². The largest absolute Gasteiger partial charge is 0.381 e. The number of fused-ring (bicyclic) bond motifs is 5. The normalized spacial score (nSPS) is 27.8. The number of aromatic nitrogens is 2. The molecule has 1 aromatic heterocycles. The Morgan fingerprint density at radius 2 is 1.88 bits per heavy atom. The quantitative estimate of drug-likeness (QED) is 0.899. The molecule has 0 spiro atoms. The van der Waals surface area contributed by atoms with Gasteiger partial charge in [-0.2, -0.15) is 5.10 Å². The highest BCUT2D eigenvalue weighted by Crippen LogP contribution is 2.32. The number of piperidine rings is 1. The van der Waals surface area contributed by atoms with Crippen LogP contribution in [0.5, 0.6) is 0 Å². The second-order valence-electron chi connectivity index (χ2n) is 7.97. The molecule has 26 heavy (non-hydrogen) atoms. The van der Waals surface area contributed by atoms with Gasteiger partial charge in [-0.1, -0.05) is 18.2 Å². The van der Waals surface area contributed by atoms with Crippen LogP contribution in [0.2, 0.25) is 0 Å². The minimum absolute atomic E-state index is 0.0889. The summed E-state index contributed by atoms with van der Waals surface area (Å²) in [6.45, 7) is 4.72. The first-order valence-electron chi connectivity index (χ1n) is 9.85. The van der Waals surface area contributed by atoms with Crippen LogP contribution in [0.15, 0.2) is 24.3 Å². The van der Waals surface area contributed by atoms with Gasteiger partial charge in [-0.15, -0.1) is 0 Å². The fraction of sp³-hybridized carbons (Fsp3) is 0.600. The Morgan fingerprint density at radius 1 is 1.04 bits per heavy atom. The molecular formula is C20H26N4O2. The SMILES string of the molecule is O=C(c1n[nH]c2ccccc12)N1C[C@@H]2CC[C@H]1CN(C1CCOCC1)C2. The maximum atomic E-state index is 13.3. The molecule has 4 fully saturated rings. The van der Waals surface area contributed by atoms with Crippen LogP contribution in [0.4, 0.5) is 0 Å². The average molecular weight is 354 g/mol. The number of ether oxygens (including phenoxy) is 1. The van der Waals surface area contributed by atoms with Crippen LogP contribution in [0.3, 0.4) is 0 Å². The maximum absolute atomic E-state index is 13.3. The predicted molar refractivity (Wildman–Crippen MR) is 99.1 cm³/mol. The van der Waals surface area contributed by atoms with Crippen molar-refractivity contribution in [3.63, 3.8) is 0 Å². The molecule has 4 saturated heterocycles. The van der Waals surface area contributed by atoms with Gasteiger partial charge in [0.25, 0.3) is 5.91 Å². The molecule has 0 saturated carbocycles. The molecule has 1 aromatic carbocycles. The van der Waals surface area contributed by atoms with Gasteiger partial charge >= 0.3 is 0 Å². The smallest absolute Gasteiger partial charge is 0.275 e. The Kier molecular flexibility index (Phi) is 4.17. The molecule has 1 N–H and O–H groups in total. The average Bonchev–Trinajstić information content (AvgIpc) is 2.90. The first-order valence-corrected chi connectivity index (χ1v) is 9.85. The van der Waals surface area contributed by atoms with Crippen molar-refractivity contribution in [2.45, 2.75) is 37.8 Å². The molecule has 138 valence electrons. The molecule has 4 aliphatic rings. The van der Waals surface area contributed by atoms with Gasteiger partial charge in [0.15, 0.2) is 5.69 Å². The Hall–Kier alpha value is -1.92. The van der Waals surface area contributed by atoms with Crippen molar-refractivity contribution >= 4 is 16.8 Å². The number of hydrogen-bond acceptors (Lipinski definition) is 4. The summed E-state index contributed by atoms with van der Waals surface area (Å²) in [5.41, 5.74) is 1.51. The zero-order valence-corrected chi connectivity index (χ0v) is 15.1. The number of hydrogen-bond donors (Lipinski definition) is 1. The molecule has 0 aliphatic carbocycles. The summed E-state index contributed by atoms with van der Waals surface area (Å²) in [5.74, 6) is 0.664. The monoisotopic (exact) mass is 354 g/mol. The highest BCUT2D eigenvalue weighted by atomic mass is 16.5. The zero-order chi connectivity index (χ0) is 17.5. The zero-order valence-electron chi connectivity index (χ0n) is 15.1. The Balaban J connectivity index is 1.39. The van der Waals surface area contributed by atoms with E-state index in [1.54, 1.807) is 0 Å². The molecule has 0 unspecified atom stereocenters. The number of H-pyrrole nitrogens is 1. The van der Waals surface area contributed by atoms with E-state index in [1.165, 1.54) is 6.42 Å². The van der Waals surface area contributed by atoms with Gasteiger partial charge in [0.2, 0.25) is 0 Å². The molecule has 2 aromatic rings. The summed E-state index contributed by atoms with van der Waals surface area (Å²) < 4.78 is 5.54. The number of nitrogens with one attached hydrogen (secondary N) is 1. The number of rotatable bonds is 2. The summed E-state index contributed by atoms with van der Waals surface area (Å²) in [4.78, 5) is 18.1. The lowest BCUT2D eigenvalue weighted by atomic mass is 9.94. The minimum atomic E-state index is 0.0889. The number of para-hydroxylation sites is 1. The Morgan fingerprint density at radius 3 is 2.77 bits per heavy atom. The van der Waals surface area contributed by atoms with Gasteiger partial charge in [-0.25, -0.2) is 0 Å². The fourth-order valence-corrected chi connectivity index (χ4v) is 4.98. The van der Waals surface area contributed by atoms with Gasteiger partial charge in [0.1, 0.15) is 0 Å². The van der Waals surface area contributed by atoms with Crippen molar-refractivity contribution in [2.75, 3.05) is 32.8 Å². The van der Waals surface area contributed by atoms with Gasteiger partial charge < -0.3 is 9.64 Å². The van der Waals surface area contributed by atoms with Gasteiger partial charge in [0, 0.05) is 50.3 Å². The fourth-order valence-electron chi connectivity index (χ4n) is 4.98. The topological polar surface area (TPSA) is 61.5 Å². The maximum Gasteiger partial charge on any atom is 0.275 e. The third-order valence-electron chi connectivity index (χ3n) is 6.38. The lowest BCUT2D eigenvalue weighted by Gasteiger charge is -2.36. The van der Waals surface area contributed by atoms with Gasteiger partial charge in [-0.05, 0) is 37.7 Å². The summed E-state index contributed by atoms with van der Waals surface area (Å²) >= 11 is 0. The number of carbonyl (C=O) groups excluding carboxylic acids is 1. The Labute approximate surface area is 153 Å². The molecule has 2 atom stereocenters. The minimum Gasteiger partial charge on any atom is -0.381 e. The van der Waals surface area contributed by atoms with Crippen LogP contribution in [-0.2, 0) is 4.74 Å². The van der Waals surface area contributed by atoms with Crippen LogP contribution in [-0.4, -0.2) is 70.8 Å². The predicted octanol–water partition coefficient (Wildman–Crippen LogP) is 2.28. The van der Waals surface area contributed by atoms with E-state index in [0.29, 0.717) is 23.7 Å². The van der Waals surface area contributed by atoms with Crippen molar-refractivity contribution in [3.05, 3.63) is 30.0 Å². The van der Waals surface area contributed by atoms with Crippen molar-refractivity contribution in [1.82, 2.24) is 20.0 Å². The molecule has 0 radical (unpaired) electrons. The number of carbonyl (C=O) groups is 1.